The molecular formula is C83H144O17P2. The molecule has 3 N–H and O–H groups in total. The quantitative estimate of drug-likeness (QED) is 0.0169. The van der Waals surface area contributed by atoms with E-state index in [9.17, 15) is 43.2 Å². The van der Waals surface area contributed by atoms with Gasteiger partial charge in [-0.2, -0.15) is 0 Å². The number of carbonyl (C=O) groups excluding carboxylic acids is 4. The fourth-order valence-corrected chi connectivity index (χ4v) is 12.1. The van der Waals surface area contributed by atoms with Crippen LogP contribution < -0.4 is 0 Å². The Balaban J connectivity index is 5.44. The average molecular weight is 1480 g/mol. The lowest BCUT2D eigenvalue weighted by molar-refractivity contribution is -0.161. The van der Waals surface area contributed by atoms with Gasteiger partial charge in [0.2, 0.25) is 0 Å². The number of allylic oxidation sites excluding steroid dienone is 18. The molecule has 0 aromatic carbocycles. The first kappa shape index (κ1) is 97.7. The van der Waals surface area contributed by atoms with Gasteiger partial charge in [0.1, 0.15) is 19.3 Å². The maximum absolute atomic E-state index is 13.1. The topological polar surface area (TPSA) is 237 Å². The average Bonchev–Trinajstić information content (AvgIpc) is 0.908. The van der Waals surface area contributed by atoms with Crippen LogP contribution in [-0.4, -0.2) is 96.7 Å². The van der Waals surface area contributed by atoms with E-state index >= 15 is 0 Å². The monoisotopic (exact) mass is 1470 g/mol. The number of rotatable bonds is 75. The molecule has 0 fully saturated rings. The fraction of sp³-hybridized carbons (Fsp3) is 0.735. The minimum absolute atomic E-state index is 0.0323. The number of carbonyl (C=O) groups is 4. The van der Waals surface area contributed by atoms with Crippen molar-refractivity contribution in [3.05, 3.63) is 109 Å². The van der Waals surface area contributed by atoms with Crippen LogP contribution in [0.15, 0.2) is 109 Å². The lowest BCUT2D eigenvalue weighted by Gasteiger charge is -2.21. The van der Waals surface area contributed by atoms with Crippen molar-refractivity contribution < 1.29 is 80.2 Å². The van der Waals surface area contributed by atoms with Crippen LogP contribution in [0.5, 0.6) is 0 Å². The third-order valence-corrected chi connectivity index (χ3v) is 18.6. The van der Waals surface area contributed by atoms with Gasteiger partial charge in [-0.3, -0.25) is 37.3 Å². The summed E-state index contributed by atoms with van der Waals surface area (Å²) in [6.45, 7) is 4.71. The highest BCUT2D eigenvalue weighted by Gasteiger charge is 2.30. The number of ether oxygens (including phenoxy) is 4. The van der Waals surface area contributed by atoms with Gasteiger partial charge in [0.25, 0.3) is 0 Å². The van der Waals surface area contributed by atoms with E-state index in [1.165, 1.54) is 109 Å². The molecule has 0 spiro atoms. The molecule has 17 nitrogen and oxygen atoms in total. The zero-order valence-corrected chi connectivity index (χ0v) is 66.0. The number of aliphatic hydroxyl groups excluding tert-OH is 1. The highest BCUT2D eigenvalue weighted by molar-refractivity contribution is 7.47. The third-order valence-electron chi connectivity index (χ3n) is 16.7. The van der Waals surface area contributed by atoms with Crippen LogP contribution in [0.3, 0.4) is 0 Å². The second-order valence-electron chi connectivity index (χ2n) is 26.7. The number of esters is 4. The highest BCUT2D eigenvalue weighted by Crippen LogP contribution is 2.45. The van der Waals surface area contributed by atoms with Gasteiger partial charge in [-0.15, -0.1) is 0 Å². The van der Waals surface area contributed by atoms with Crippen molar-refractivity contribution in [2.45, 2.75) is 354 Å². The molecule has 5 atom stereocenters. The van der Waals surface area contributed by atoms with Crippen LogP contribution >= 0.6 is 15.6 Å². The summed E-state index contributed by atoms with van der Waals surface area (Å²) in [5.41, 5.74) is 0. The SMILES string of the molecule is CCCCC/C=C\C/C=C\C/C=C\C/C=C\C/C=C\CCC(=O)O[C@H](COC(=O)CCCCCCC/C=C\C/C=C\CCCCC)COP(=O)(O)OC[C@@H](O)COP(=O)(O)OC[C@@H](COC(=O)CCCCCCC/C=C\C/C=C\CCCCC)OC(=O)CCCCCCCCCCCCCCC. The van der Waals surface area contributed by atoms with E-state index in [1.54, 1.807) is 0 Å². The highest BCUT2D eigenvalue weighted by atomic mass is 31.2. The van der Waals surface area contributed by atoms with E-state index in [-0.39, 0.29) is 25.7 Å². The summed E-state index contributed by atoms with van der Waals surface area (Å²) in [4.78, 5) is 72.9. The van der Waals surface area contributed by atoms with Crippen LogP contribution in [-0.2, 0) is 65.4 Å². The number of phosphoric ester groups is 2. The Morgan fingerprint density at radius 2 is 0.500 bits per heavy atom. The lowest BCUT2D eigenvalue weighted by atomic mass is 10.0. The van der Waals surface area contributed by atoms with Crippen molar-refractivity contribution >= 4 is 39.5 Å². The normalized spacial score (nSPS) is 14.5. The second-order valence-corrected chi connectivity index (χ2v) is 29.6. The standard InChI is InChI=1S/C83H144O17P2/c1-5-9-13-17-21-25-29-33-36-37-38-39-42-46-50-54-58-62-66-70-83(88)100-79(74-94-81(86)68-64-60-56-52-48-45-41-35-31-27-23-19-15-11-7-3)76-98-102(91,92)96-72-77(84)71-95-101(89,90)97-75-78(99-82(87)69-65-61-57-53-49-43-32-28-24-20-16-12-8-4)73-93-80(85)67-63-59-55-51-47-44-40-34-30-26-22-18-14-10-6-2/h21-23,25-27,33-36,38-41,46,50,58,62,77-79,84H,5-20,24,28-32,37,42-45,47-49,51-57,59-61,63-76H2,1-4H3,(H,89,90)(H,91,92)/b25-21-,26-22-,27-23-,36-33-,39-38-,40-34-,41-35-,50-46-,62-58-/t77-,78+,79+/m0/s1. The summed E-state index contributed by atoms with van der Waals surface area (Å²) >= 11 is 0. The number of hydrogen-bond donors (Lipinski definition) is 3. The summed E-state index contributed by atoms with van der Waals surface area (Å²) in [6, 6.07) is 0. The molecule has 0 aromatic heterocycles. The molecule has 0 saturated heterocycles. The van der Waals surface area contributed by atoms with E-state index in [4.69, 9.17) is 37.0 Å². The Bertz CT molecular complexity index is 2360. The first-order valence-corrected chi connectivity index (χ1v) is 43.1. The van der Waals surface area contributed by atoms with Crippen molar-refractivity contribution in [2.24, 2.45) is 0 Å². The van der Waals surface area contributed by atoms with Gasteiger partial charge in [0.05, 0.1) is 26.4 Å². The van der Waals surface area contributed by atoms with Crippen LogP contribution in [0.1, 0.15) is 336 Å². The molecule has 0 saturated carbocycles. The molecule has 102 heavy (non-hydrogen) atoms. The zero-order chi connectivity index (χ0) is 74.6. The molecular weight excluding hydrogens is 1330 g/mol. The van der Waals surface area contributed by atoms with Gasteiger partial charge in [-0.05, 0) is 128 Å². The molecule has 0 radical (unpaired) electrons. The zero-order valence-electron chi connectivity index (χ0n) is 64.3. The lowest BCUT2D eigenvalue weighted by Crippen LogP contribution is -2.30. The third kappa shape index (κ3) is 74.0. The number of hydrogen-bond acceptors (Lipinski definition) is 15. The van der Waals surface area contributed by atoms with Gasteiger partial charge in [0, 0.05) is 25.7 Å². The molecule has 0 rings (SSSR count). The molecule has 0 aliphatic carbocycles. The van der Waals surface area contributed by atoms with Gasteiger partial charge in [-0.1, -0.05) is 291 Å². The molecule has 0 bridgehead atoms. The molecule has 0 aromatic rings. The number of aliphatic hydroxyl groups is 1. The van der Waals surface area contributed by atoms with E-state index in [1.807, 2.05) is 18.2 Å². The Hall–Kier alpha value is -4.28. The van der Waals surface area contributed by atoms with Crippen molar-refractivity contribution in [3.63, 3.8) is 0 Å². The predicted octanol–water partition coefficient (Wildman–Crippen LogP) is 23.3. The van der Waals surface area contributed by atoms with Crippen molar-refractivity contribution in [3.8, 4) is 0 Å². The molecule has 0 aliphatic rings. The molecule has 0 amide bonds. The van der Waals surface area contributed by atoms with Crippen molar-refractivity contribution in [1.82, 2.24) is 0 Å². The first-order chi connectivity index (χ1) is 49.7. The minimum Gasteiger partial charge on any atom is -0.462 e. The Kier molecular flexibility index (Phi) is 71.8. The van der Waals surface area contributed by atoms with E-state index < -0.39 is 97.5 Å². The van der Waals surface area contributed by atoms with Gasteiger partial charge >= 0.3 is 39.5 Å². The summed E-state index contributed by atoms with van der Waals surface area (Å²) < 4.78 is 68.5. The molecule has 2 unspecified atom stereocenters. The van der Waals surface area contributed by atoms with Crippen molar-refractivity contribution in [1.29, 1.82) is 0 Å². The molecule has 19 heteroatoms. The smallest absolute Gasteiger partial charge is 0.462 e. The van der Waals surface area contributed by atoms with Crippen LogP contribution in [0.25, 0.3) is 0 Å². The Morgan fingerprint density at radius 1 is 0.275 bits per heavy atom. The predicted molar refractivity (Wildman–Crippen MR) is 418 cm³/mol. The van der Waals surface area contributed by atoms with Crippen LogP contribution in [0.2, 0.25) is 0 Å². The second kappa shape index (κ2) is 75.0. The van der Waals surface area contributed by atoms with Gasteiger partial charge in [-0.25, -0.2) is 9.13 Å². The maximum Gasteiger partial charge on any atom is 0.472 e. The molecule has 588 valence electrons. The fourth-order valence-electron chi connectivity index (χ4n) is 10.6. The Morgan fingerprint density at radius 3 is 0.814 bits per heavy atom. The largest absolute Gasteiger partial charge is 0.472 e. The number of unbranched alkanes of at least 4 members (excludes halogenated alkanes) is 31. The number of phosphoric acid groups is 2. The van der Waals surface area contributed by atoms with E-state index in [0.717, 1.165) is 141 Å². The summed E-state index contributed by atoms with van der Waals surface area (Å²) in [7, 11) is -9.98. The summed E-state index contributed by atoms with van der Waals surface area (Å²) in [5, 5.41) is 10.6. The minimum atomic E-state index is -5.00. The van der Waals surface area contributed by atoms with Gasteiger partial charge in [0.15, 0.2) is 12.2 Å². The Labute approximate surface area is 619 Å². The molecule has 0 aliphatic heterocycles. The van der Waals surface area contributed by atoms with Crippen molar-refractivity contribution in [2.75, 3.05) is 39.6 Å². The summed E-state index contributed by atoms with van der Waals surface area (Å²) in [6.07, 6.45) is 80.8. The van der Waals surface area contributed by atoms with Crippen LogP contribution in [0, 0.1) is 0 Å². The van der Waals surface area contributed by atoms with Gasteiger partial charge < -0.3 is 33.8 Å². The van der Waals surface area contributed by atoms with Crippen LogP contribution in [0.4, 0.5) is 0 Å². The van der Waals surface area contributed by atoms with E-state index in [2.05, 4.69) is 119 Å². The van der Waals surface area contributed by atoms with E-state index in [0.29, 0.717) is 32.1 Å². The first-order valence-electron chi connectivity index (χ1n) is 40.1. The maximum atomic E-state index is 13.1. The molecule has 0 heterocycles. The summed E-state index contributed by atoms with van der Waals surface area (Å²) in [5.74, 6) is -2.29.